The molecule has 2 N–H and O–H groups in total. The molecule has 5 atom stereocenters. The molecule has 0 aromatic carbocycles. The van der Waals surface area contributed by atoms with E-state index in [9.17, 15) is 9.59 Å². The second-order valence-electron chi connectivity index (χ2n) is 12.7. The van der Waals surface area contributed by atoms with Crippen LogP contribution in [-0.2, 0) is 9.53 Å². The van der Waals surface area contributed by atoms with Crippen molar-refractivity contribution < 1.29 is 14.3 Å². The number of rotatable bonds is 9. The van der Waals surface area contributed by atoms with Gasteiger partial charge in [-0.1, -0.05) is 47.0 Å². The minimum Gasteiger partial charge on any atom is -0.446 e. The summed E-state index contributed by atoms with van der Waals surface area (Å²) >= 11 is 0. The van der Waals surface area contributed by atoms with Gasteiger partial charge in [-0.2, -0.15) is 0 Å². The Morgan fingerprint density at radius 1 is 0.974 bits per heavy atom. The van der Waals surface area contributed by atoms with E-state index in [0.29, 0.717) is 24.4 Å². The minimum atomic E-state index is -0.167. The zero-order chi connectivity index (χ0) is 28.5. The third kappa shape index (κ3) is 8.80. The molecule has 3 saturated carbocycles. The summed E-state index contributed by atoms with van der Waals surface area (Å²) in [6.07, 6.45) is 10.9. The van der Waals surface area contributed by atoms with Crippen molar-refractivity contribution in [1.29, 1.82) is 0 Å². The largest absolute Gasteiger partial charge is 0.446 e. The van der Waals surface area contributed by atoms with Crippen molar-refractivity contribution in [1.82, 2.24) is 25.6 Å². The van der Waals surface area contributed by atoms with Gasteiger partial charge in [-0.15, -0.1) is 0 Å². The number of carbonyl (C=O) groups excluding carboxylic acids is 2. The number of piperazine rings is 1. The van der Waals surface area contributed by atoms with E-state index in [0.717, 1.165) is 76.9 Å². The van der Waals surface area contributed by atoms with Crippen LogP contribution in [0.25, 0.3) is 0 Å². The molecule has 2 amide bonds. The van der Waals surface area contributed by atoms with Gasteiger partial charge in [-0.05, 0) is 83.2 Å². The van der Waals surface area contributed by atoms with Crippen molar-refractivity contribution in [3.8, 4) is 0 Å². The number of hydrogen-bond acceptors (Lipinski definition) is 6. The average Bonchev–Trinajstić information content (AvgIpc) is 3.72. The molecule has 226 valence electrons. The number of hydrogen-bond donors (Lipinski definition) is 2. The first kappa shape index (κ1) is 32.1. The van der Waals surface area contributed by atoms with E-state index in [-0.39, 0.29) is 36.2 Å². The molecule has 39 heavy (non-hydrogen) atoms. The maximum Gasteiger partial charge on any atom is 0.410 e. The van der Waals surface area contributed by atoms with Crippen LogP contribution >= 0.6 is 0 Å². The van der Waals surface area contributed by atoms with Crippen molar-refractivity contribution in [2.24, 2.45) is 17.8 Å². The summed E-state index contributed by atoms with van der Waals surface area (Å²) in [6, 6.07) is 0.677. The van der Waals surface area contributed by atoms with Gasteiger partial charge in [0.05, 0.1) is 12.1 Å². The lowest BCUT2D eigenvalue weighted by Crippen LogP contribution is -2.67. The van der Waals surface area contributed by atoms with Crippen LogP contribution in [0.4, 0.5) is 4.79 Å². The fraction of sp³-hybridized carbons (Fsp3) is 0.935. The van der Waals surface area contributed by atoms with Gasteiger partial charge in [0.2, 0.25) is 5.91 Å². The molecule has 0 aromatic heterocycles. The molecule has 1 heterocycles. The highest BCUT2D eigenvalue weighted by molar-refractivity contribution is 5.75. The van der Waals surface area contributed by atoms with E-state index in [1.807, 2.05) is 11.9 Å². The number of nitrogens with zero attached hydrogens (tertiary/aromatic N) is 3. The summed E-state index contributed by atoms with van der Waals surface area (Å²) in [5.41, 5.74) is 3.47. The zero-order valence-corrected chi connectivity index (χ0v) is 26.1. The Balaban J connectivity index is 0.000000960. The smallest absolute Gasteiger partial charge is 0.410 e. The molecule has 0 spiro atoms. The van der Waals surface area contributed by atoms with Gasteiger partial charge in [0, 0.05) is 38.6 Å². The predicted octanol–water partition coefficient (Wildman–Crippen LogP) is 5.03. The van der Waals surface area contributed by atoms with Crippen LogP contribution in [0, 0.1) is 17.8 Å². The van der Waals surface area contributed by atoms with Crippen molar-refractivity contribution in [3.63, 3.8) is 0 Å². The molecular weight excluding hydrogens is 490 g/mol. The van der Waals surface area contributed by atoms with Crippen LogP contribution in [-0.4, -0.2) is 90.3 Å². The fourth-order valence-corrected chi connectivity index (χ4v) is 7.30. The minimum absolute atomic E-state index is 0.00857. The van der Waals surface area contributed by atoms with Crippen LogP contribution in [0.5, 0.6) is 0 Å². The van der Waals surface area contributed by atoms with Crippen LogP contribution in [0.1, 0.15) is 106 Å². The van der Waals surface area contributed by atoms with E-state index in [1.165, 1.54) is 12.8 Å². The first-order valence-corrected chi connectivity index (χ1v) is 16.1. The van der Waals surface area contributed by atoms with Crippen molar-refractivity contribution >= 4 is 12.0 Å². The van der Waals surface area contributed by atoms with E-state index >= 15 is 0 Å². The third-order valence-electron chi connectivity index (χ3n) is 9.69. The summed E-state index contributed by atoms with van der Waals surface area (Å²) < 4.78 is 6.15. The molecule has 1 saturated heterocycles. The van der Waals surface area contributed by atoms with Crippen molar-refractivity contribution in [2.45, 2.75) is 136 Å². The molecule has 4 aliphatic rings. The first-order chi connectivity index (χ1) is 18.7. The molecule has 3 aliphatic carbocycles. The van der Waals surface area contributed by atoms with Crippen LogP contribution in [0.3, 0.4) is 0 Å². The van der Waals surface area contributed by atoms with E-state index in [1.54, 1.807) is 6.92 Å². The quantitative estimate of drug-likeness (QED) is 0.393. The highest BCUT2D eigenvalue weighted by Gasteiger charge is 2.48. The van der Waals surface area contributed by atoms with Gasteiger partial charge in [-0.25, -0.2) is 9.80 Å². The lowest BCUT2D eigenvalue weighted by atomic mass is 9.72. The maximum atomic E-state index is 13.6. The summed E-state index contributed by atoms with van der Waals surface area (Å²) in [6.45, 7) is 16.1. The fourth-order valence-electron chi connectivity index (χ4n) is 7.30. The number of nitrogens with one attached hydrogen (secondary N) is 2. The Labute approximate surface area is 238 Å². The Bertz CT molecular complexity index is 755. The van der Waals surface area contributed by atoms with Crippen LogP contribution in [0.15, 0.2) is 0 Å². The van der Waals surface area contributed by atoms with E-state index < -0.39 is 0 Å². The average molecular weight is 550 g/mol. The van der Waals surface area contributed by atoms with Gasteiger partial charge in [0.25, 0.3) is 0 Å². The van der Waals surface area contributed by atoms with Gasteiger partial charge in [0.1, 0.15) is 6.10 Å². The SMILES string of the molecule is CC1CC1.CCNN(CC)C1CCC(OC(=O)N2CC(C)N(C(C)=O)C3CCC(C(CC)CNC)CC32)CC1. The summed E-state index contributed by atoms with van der Waals surface area (Å²) in [5, 5.41) is 5.69. The highest BCUT2D eigenvalue weighted by Crippen LogP contribution is 2.40. The Hall–Kier alpha value is -1.38. The Morgan fingerprint density at radius 3 is 2.15 bits per heavy atom. The summed E-state index contributed by atoms with van der Waals surface area (Å²) in [5.74, 6) is 2.37. The lowest BCUT2D eigenvalue weighted by Gasteiger charge is -2.54. The molecule has 0 radical (unpaired) electrons. The standard InChI is InChI=1S/C27H51N5O3.C4H8/c1-7-21(17-28-6)22-10-15-25-26(16-22)30(18-19(4)32(25)20(5)33)27(34)35-24-13-11-23(12-14-24)31(9-3)29-8-2;1-4-2-3-4/h19,21-26,28-29H,7-18H2,1-6H3;4H,2-3H2,1H3. The molecule has 8 nitrogen and oxygen atoms in total. The van der Waals surface area contributed by atoms with E-state index in [2.05, 4.69) is 55.3 Å². The number of fused-ring (bicyclic) bond motifs is 1. The molecule has 4 rings (SSSR count). The molecular formula is C31H59N5O3. The molecule has 8 heteroatoms. The summed E-state index contributed by atoms with van der Waals surface area (Å²) in [7, 11) is 2.02. The predicted molar refractivity (Wildman–Crippen MR) is 158 cm³/mol. The highest BCUT2D eigenvalue weighted by atomic mass is 16.6. The lowest BCUT2D eigenvalue weighted by molar-refractivity contribution is -0.143. The number of ether oxygens (including phenoxy) is 1. The van der Waals surface area contributed by atoms with Gasteiger partial charge >= 0.3 is 6.09 Å². The monoisotopic (exact) mass is 549 g/mol. The molecule has 0 bridgehead atoms. The van der Waals surface area contributed by atoms with Gasteiger partial charge in [0.15, 0.2) is 0 Å². The summed E-state index contributed by atoms with van der Waals surface area (Å²) in [4.78, 5) is 30.2. The first-order valence-electron chi connectivity index (χ1n) is 16.1. The van der Waals surface area contributed by atoms with Crippen molar-refractivity contribution in [3.05, 3.63) is 0 Å². The second-order valence-corrected chi connectivity index (χ2v) is 12.7. The number of hydrazine groups is 1. The molecule has 0 aromatic rings. The van der Waals surface area contributed by atoms with Gasteiger partial charge < -0.3 is 19.9 Å². The number of carbonyl (C=O) groups is 2. The number of amides is 2. The maximum absolute atomic E-state index is 13.6. The van der Waals surface area contributed by atoms with Crippen LogP contribution < -0.4 is 10.7 Å². The van der Waals surface area contributed by atoms with Gasteiger partial charge in [-0.3, -0.25) is 10.2 Å². The van der Waals surface area contributed by atoms with Crippen molar-refractivity contribution in [2.75, 3.05) is 33.2 Å². The third-order valence-corrected chi connectivity index (χ3v) is 9.69. The Morgan fingerprint density at radius 2 is 1.64 bits per heavy atom. The zero-order valence-electron chi connectivity index (χ0n) is 26.1. The normalized spacial score (nSPS) is 31.7. The molecule has 4 fully saturated rings. The second kappa shape index (κ2) is 15.6. The van der Waals surface area contributed by atoms with Crippen LogP contribution in [0.2, 0.25) is 0 Å². The van der Waals surface area contributed by atoms with E-state index in [4.69, 9.17) is 4.74 Å². The molecule has 5 unspecified atom stereocenters. The topological polar surface area (TPSA) is 77.2 Å². The molecule has 1 aliphatic heterocycles. The Kier molecular flexibility index (Phi) is 12.8.